The van der Waals surface area contributed by atoms with E-state index < -0.39 is 0 Å². The molecule has 0 unspecified atom stereocenters. The maximum absolute atomic E-state index is 3.46. The van der Waals surface area contributed by atoms with E-state index in [0.717, 1.165) is 6.54 Å². The van der Waals surface area contributed by atoms with Gasteiger partial charge in [-0.05, 0) is 37.1 Å². The van der Waals surface area contributed by atoms with Crippen LogP contribution in [0.1, 0.15) is 11.1 Å². The number of rotatable bonds is 3. The van der Waals surface area contributed by atoms with Crippen molar-refractivity contribution >= 4 is 5.69 Å². The summed E-state index contributed by atoms with van der Waals surface area (Å²) in [4.78, 5) is 5.00. The molecule has 2 aliphatic heterocycles. The Hall–Kier alpha value is -1.06. The summed E-state index contributed by atoms with van der Waals surface area (Å²) in [6, 6.07) is 6.95. The average Bonchev–Trinajstić information content (AvgIpc) is 2.85. The van der Waals surface area contributed by atoms with Gasteiger partial charge in [0.2, 0.25) is 0 Å². The van der Waals surface area contributed by atoms with Crippen LogP contribution in [-0.2, 0) is 12.8 Å². The van der Waals surface area contributed by atoms with Gasteiger partial charge in [-0.15, -0.1) is 0 Å². The summed E-state index contributed by atoms with van der Waals surface area (Å²) >= 11 is 0. The summed E-state index contributed by atoms with van der Waals surface area (Å²) in [7, 11) is 2.21. The molecule has 0 radical (unpaired) electrons. The standard InChI is InChI=1S/C15H23N3/c1-17-8-10-18(11-9-17)7-5-13-2-3-14-4-6-16-15(14)12-13/h2-3,12,16H,4-11H2,1H3. The van der Waals surface area contributed by atoms with E-state index in [-0.39, 0.29) is 0 Å². The molecule has 2 heterocycles. The number of hydrogen-bond acceptors (Lipinski definition) is 3. The van der Waals surface area contributed by atoms with Gasteiger partial charge < -0.3 is 15.1 Å². The zero-order valence-electron chi connectivity index (χ0n) is 11.3. The zero-order chi connectivity index (χ0) is 12.4. The van der Waals surface area contributed by atoms with Crippen molar-refractivity contribution in [1.29, 1.82) is 0 Å². The molecule has 0 amide bonds. The first-order valence-corrected chi connectivity index (χ1v) is 7.08. The molecular formula is C15H23N3. The highest BCUT2D eigenvalue weighted by Crippen LogP contribution is 2.23. The van der Waals surface area contributed by atoms with Crippen molar-refractivity contribution in [3.8, 4) is 0 Å². The number of nitrogens with zero attached hydrogens (tertiary/aromatic N) is 2. The molecule has 0 saturated carbocycles. The molecule has 1 N–H and O–H groups in total. The Morgan fingerprint density at radius 1 is 1.17 bits per heavy atom. The Kier molecular flexibility index (Phi) is 3.52. The fourth-order valence-electron chi connectivity index (χ4n) is 2.85. The second-order valence-corrected chi connectivity index (χ2v) is 5.56. The maximum atomic E-state index is 3.46. The molecule has 0 aliphatic carbocycles. The molecule has 0 bridgehead atoms. The topological polar surface area (TPSA) is 18.5 Å². The molecule has 98 valence electrons. The third-order valence-corrected chi connectivity index (χ3v) is 4.20. The number of hydrogen-bond donors (Lipinski definition) is 1. The fraction of sp³-hybridized carbons (Fsp3) is 0.600. The van der Waals surface area contributed by atoms with Crippen LogP contribution in [0.3, 0.4) is 0 Å². The van der Waals surface area contributed by atoms with E-state index in [2.05, 4.69) is 40.4 Å². The molecule has 0 atom stereocenters. The van der Waals surface area contributed by atoms with Gasteiger partial charge in [0.05, 0.1) is 0 Å². The van der Waals surface area contributed by atoms with Crippen molar-refractivity contribution < 1.29 is 0 Å². The molecule has 2 aliphatic rings. The van der Waals surface area contributed by atoms with Crippen molar-refractivity contribution in [1.82, 2.24) is 9.80 Å². The minimum absolute atomic E-state index is 1.11. The van der Waals surface area contributed by atoms with Crippen LogP contribution in [0.5, 0.6) is 0 Å². The number of benzene rings is 1. The van der Waals surface area contributed by atoms with Crippen LogP contribution in [-0.4, -0.2) is 56.1 Å². The third kappa shape index (κ3) is 2.68. The van der Waals surface area contributed by atoms with E-state index in [9.17, 15) is 0 Å². The number of fused-ring (bicyclic) bond motifs is 1. The van der Waals surface area contributed by atoms with Crippen LogP contribution >= 0.6 is 0 Å². The van der Waals surface area contributed by atoms with Gasteiger partial charge in [-0.25, -0.2) is 0 Å². The highest BCUT2D eigenvalue weighted by molar-refractivity contribution is 5.57. The Labute approximate surface area is 110 Å². The lowest BCUT2D eigenvalue weighted by Gasteiger charge is -2.32. The van der Waals surface area contributed by atoms with Gasteiger partial charge in [-0.1, -0.05) is 12.1 Å². The molecule has 18 heavy (non-hydrogen) atoms. The molecule has 0 aromatic heterocycles. The van der Waals surface area contributed by atoms with E-state index in [1.807, 2.05) is 0 Å². The monoisotopic (exact) mass is 245 g/mol. The highest BCUT2D eigenvalue weighted by Gasteiger charge is 2.14. The quantitative estimate of drug-likeness (QED) is 0.869. The lowest BCUT2D eigenvalue weighted by molar-refractivity contribution is 0.155. The van der Waals surface area contributed by atoms with Crippen molar-refractivity contribution in [2.24, 2.45) is 0 Å². The molecule has 1 aromatic rings. The molecule has 1 aromatic carbocycles. The van der Waals surface area contributed by atoms with E-state index in [4.69, 9.17) is 0 Å². The Balaban J connectivity index is 1.54. The van der Waals surface area contributed by atoms with Crippen LogP contribution in [0.2, 0.25) is 0 Å². The van der Waals surface area contributed by atoms with Gasteiger partial charge in [0.1, 0.15) is 0 Å². The fourth-order valence-corrected chi connectivity index (χ4v) is 2.85. The smallest absolute Gasteiger partial charge is 0.0376 e. The Morgan fingerprint density at radius 3 is 2.83 bits per heavy atom. The molecule has 3 heteroatoms. The number of anilines is 1. The van der Waals surface area contributed by atoms with Crippen LogP contribution < -0.4 is 5.32 Å². The summed E-state index contributed by atoms with van der Waals surface area (Å²) in [5.41, 5.74) is 4.33. The molecule has 3 rings (SSSR count). The van der Waals surface area contributed by atoms with E-state index in [1.54, 1.807) is 0 Å². The zero-order valence-corrected chi connectivity index (χ0v) is 11.3. The Morgan fingerprint density at radius 2 is 2.00 bits per heavy atom. The lowest BCUT2D eigenvalue weighted by atomic mass is 10.1. The third-order valence-electron chi connectivity index (χ3n) is 4.20. The van der Waals surface area contributed by atoms with Gasteiger partial charge in [0, 0.05) is 45.0 Å². The molecule has 3 nitrogen and oxygen atoms in total. The molecule has 0 spiro atoms. The van der Waals surface area contributed by atoms with E-state index in [0.29, 0.717) is 0 Å². The normalized spacial score (nSPS) is 20.7. The maximum Gasteiger partial charge on any atom is 0.0376 e. The van der Waals surface area contributed by atoms with Crippen LogP contribution in [0, 0.1) is 0 Å². The van der Waals surface area contributed by atoms with Gasteiger partial charge in [-0.2, -0.15) is 0 Å². The largest absolute Gasteiger partial charge is 0.384 e. The van der Waals surface area contributed by atoms with Crippen molar-refractivity contribution in [3.05, 3.63) is 29.3 Å². The van der Waals surface area contributed by atoms with E-state index in [1.165, 1.54) is 62.4 Å². The minimum Gasteiger partial charge on any atom is -0.384 e. The SMILES string of the molecule is CN1CCN(CCc2ccc3c(c2)NCC3)CC1. The summed E-state index contributed by atoms with van der Waals surface area (Å²) in [5.74, 6) is 0. The number of likely N-dealkylation sites (N-methyl/N-ethyl adjacent to an activating group) is 1. The van der Waals surface area contributed by atoms with Crippen LogP contribution in [0.15, 0.2) is 18.2 Å². The summed E-state index contributed by atoms with van der Waals surface area (Å²) in [6.07, 6.45) is 2.37. The molecule has 1 fully saturated rings. The predicted octanol–water partition coefficient (Wildman–Crippen LogP) is 1.44. The minimum atomic E-state index is 1.11. The first-order valence-electron chi connectivity index (χ1n) is 7.08. The second-order valence-electron chi connectivity index (χ2n) is 5.56. The van der Waals surface area contributed by atoms with Gasteiger partial charge in [-0.3, -0.25) is 0 Å². The average molecular weight is 245 g/mol. The number of nitrogens with one attached hydrogen (secondary N) is 1. The van der Waals surface area contributed by atoms with Crippen molar-refractivity contribution in [2.75, 3.05) is 51.6 Å². The van der Waals surface area contributed by atoms with Crippen LogP contribution in [0.25, 0.3) is 0 Å². The van der Waals surface area contributed by atoms with Crippen molar-refractivity contribution in [3.63, 3.8) is 0 Å². The second kappa shape index (κ2) is 5.29. The summed E-state index contributed by atoms with van der Waals surface area (Å²) < 4.78 is 0. The van der Waals surface area contributed by atoms with Gasteiger partial charge in [0.25, 0.3) is 0 Å². The van der Waals surface area contributed by atoms with E-state index >= 15 is 0 Å². The summed E-state index contributed by atoms with van der Waals surface area (Å²) in [5, 5.41) is 3.46. The highest BCUT2D eigenvalue weighted by atomic mass is 15.2. The first kappa shape index (κ1) is 12.0. The number of piperazine rings is 1. The first-order chi connectivity index (χ1) is 8.81. The van der Waals surface area contributed by atoms with Gasteiger partial charge >= 0.3 is 0 Å². The summed E-state index contributed by atoms with van der Waals surface area (Å²) in [6.45, 7) is 7.18. The molecule has 1 saturated heterocycles. The Bertz CT molecular complexity index is 408. The predicted molar refractivity (Wildman–Crippen MR) is 76.3 cm³/mol. The molecular weight excluding hydrogens is 222 g/mol. The van der Waals surface area contributed by atoms with Gasteiger partial charge in [0.15, 0.2) is 0 Å². The lowest BCUT2D eigenvalue weighted by Crippen LogP contribution is -2.45. The van der Waals surface area contributed by atoms with Crippen molar-refractivity contribution in [2.45, 2.75) is 12.8 Å². The van der Waals surface area contributed by atoms with Crippen LogP contribution in [0.4, 0.5) is 5.69 Å².